The lowest BCUT2D eigenvalue weighted by Gasteiger charge is -2.34. The average molecular weight is 374 g/mol. The van der Waals surface area contributed by atoms with Crippen molar-refractivity contribution >= 4 is 23.5 Å². The fourth-order valence-electron chi connectivity index (χ4n) is 3.06. The van der Waals surface area contributed by atoms with E-state index in [1.165, 1.54) is 0 Å². The Bertz CT molecular complexity index is 648. The maximum atomic E-state index is 12.7. The second-order valence-corrected chi connectivity index (χ2v) is 7.29. The third-order valence-corrected chi connectivity index (χ3v) is 4.73. The van der Waals surface area contributed by atoms with Crippen molar-refractivity contribution in [3.8, 4) is 0 Å². The molecule has 0 bridgehead atoms. The average Bonchev–Trinajstić information content (AvgIpc) is 2.68. The van der Waals surface area contributed by atoms with Crippen LogP contribution in [0.15, 0.2) is 30.3 Å². The Morgan fingerprint density at radius 1 is 1.22 bits per heavy atom. The third kappa shape index (κ3) is 6.27. The number of hydrogen-bond acceptors (Lipinski definition) is 3. The van der Waals surface area contributed by atoms with Gasteiger partial charge in [0.15, 0.2) is 0 Å². The Hall–Kier alpha value is -2.57. The van der Waals surface area contributed by atoms with Crippen molar-refractivity contribution in [2.45, 2.75) is 26.7 Å². The van der Waals surface area contributed by atoms with Gasteiger partial charge in [0.1, 0.15) is 0 Å². The molecule has 0 unspecified atom stereocenters. The first-order chi connectivity index (χ1) is 12.9. The van der Waals surface area contributed by atoms with Gasteiger partial charge in [0.05, 0.1) is 5.92 Å². The number of anilines is 1. The number of likely N-dealkylation sites (N-methyl/N-ethyl adjacent to an activating group) is 1. The summed E-state index contributed by atoms with van der Waals surface area (Å²) in [5.74, 6) is -0.268. The Labute approximate surface area is 161 Å². The van der Waals surface area contributed by atoms with Crippen LogP contribution in [0.4, 0.5) is 10.5 Å². The number of carbonyl (C=O) groups excluding carboxylic acids is 3. The molecule has 7 heteroatoms. The van der Waals surface area contributed by atoms with Crippen LogP contribution in [0.2, 0.25) is 0 Å². The highest BCUT2D eigenvalue weighted by molar-refractivity contribution is 5.90. The van der Waals surface area contributed by atoms with Gasteiger partial charge >= 0.3 is 6.03 Å². The fourth-order valence-corrected chi connectivity index (χ4v) is 3.06. The molecular weight excluding hydrogens is 344 g/mol. The van der Waals surface area contributed by atoms with E-state index in [4.69, 9.17) is 0 Å². The van der Waals surface area contributed by atoms with E-state index in [-0.39, 0.29) is 29.7 Å². The first-order valence-electron chi connectivity index (χ1n) is 9.52. The summed E-state index contributed by atoms with van der Waals surface area (Å²) >= 11 is 0. The SMILES string of the molecule is CC(C)C(=O)NCCN(C)C(=O)[C@H]1CCCN(C(=O)Nc2ccccc2)C1. The molecule has 27 heavy (non-hydrogen) atoms. The second kappa shape index (κ2) is 9.94. The number of likely N-dealkylation sites (tertiary alicyclic amines) is 1. The summed E-state index contributed by atoms with van der Waals surface area (Å²) in [5.41, 5.74) is 0.744. The van der Waals surface area contributed by atoms with E-state index in [1.807, 2.05) is 44.2 Å². The van der Waals surface area contributed by atoms with E-state index >= 15 is 0 Å². The molecule has 0 aliphatic carbocycles. The predicted molar refractivity (Wildman–Crippen MR) is 105 cm³/mol. The molecule has 0 aromatic heterocycles. The topological polar surface area (TPSA) is 81.8 Å². The zero-order chi connectivity index (χ0) is 19.8. The number of nitrogens with one attached hydrogen (secondary N) is 2. The van der Waals surface area contributed by atoms with Gasteiger partial charge in [0.2, 0.25) is 11.8 Å². The molecule has 0 radical (unpaired) electrons. The number of nitrogens with zero attached hydrogens (tertiary/aromatic N) is 2. The van der Waals surface area contributed by atoms with Crippen molar-refractivity contribution < 1.29 is 14.4 Å². The highest BCUT2D eigenvalue weighted by Gasteiger charge is 2.30. The molecule has 1 aliphatic rings. The van der Waals surface area contributed by atoms with E-state index in [0.29, 0.717) is 26.2 Å². The van der Waals surface area contributed by atoms with Crippen molar-refractivity contribution in [1.29, 1.82) is 0 Å². The lowest BCUT2D eigenvalue weighted by molar-refractivity contribution is -0.136. The van der Waals surface area contributed by atoms with Crippen LogP contribution in [0.5, 0.6) is 0 Å². The number of carbonyl (C=O) groups is 3. The molecule has 1 atom stereocenters. The summed E-state index contributed by atoms with van der Waals surface area (Å²) in [6.07, 6.45) is 1.58. The highest BCUT2D eigenvalue weighted by Crippen LogP contribution is 2.19. The quantitative estimate of drug-likeness (QED) is 0.801. The summed E-state index contributed by atoms with van der Waals surface area (Å²) in [7, 11) is 1.74. The van der Waals surface area contributed by atoms with Gasteiger partial charge in [-0.2, -0.15) is 0 Å². The van der Waals surface area contributed by atoms with Gasteiger partial charge < -0.3 is 20.4 Å². The number of rotatable bonds is 6. The van der Waals surface area contributed by atoms with E-state index in [2.05, 4.69) is 10.6 Å². The number of piperidine rings is 1. The Kier molecular flexibility index (Phi) is 7.64. The lowest BCUT2D eigenvalue weighted by Crippen LogP contribution is -2.48. The minimum atomic E-state index is -0.203. The maximum absolute atomic E-state index is 12.7. The minimum Gasteiger partial charge on any atom is -0.354 e. The number of urea groups is 1. The van der Waals surface area contributed by atoms with Crippen LogP contribution in [0.1, 0.15) is 26.7 Å². The van der Waals surface area contributed by atoms with Crippen LogP contribution >= 0.6 is 0 Å². The van der Waals surface area contributed by atoms with Crippen molar-refractivity contribution in [3.63, 3.8) is 0 Å². The Morgan fingerprint density at radius 2 is 1.93 bits per heavy atom. The van der Waals surface area contributed by atoms with Crippen molar-refractivity contribution in [2.24, 2.45) is 11.8 Å². The largest absolute Gasteiger partial charge is 0.354 e. The molecule has 1 aromatic rings. The smallest absolute Gasteiger partial charge is 0.321 e. The standard InChI is InChI=1S/C20H30N4O3/c1-15(2)18(25)21-11-13-23(3)19(26)16-8-7-12-24(14-16)20(27)22-17-9-5-4-6-10-17/h4-6,9-10,15-16H,7-8,11-14H2,1-3H3,(H,21,25)(H,22,27)/t16-/m0/s1. The molecule has 2 rings (SSSR count). The van der Waals surface area contributed by atoms with Crippen LogP contribution in [-0.2, 0) is 9.59 Å². The van der Waals surface area contributed by atoms with Crippen molar-refractivity contribution in [1.82, 2.24) is 15.1 Å². The number of benzene rings is 1. The molecule has 148 valence electrons. The molecule has 4 amide bonds. The molecule has 7 nitrogen and oxygen atoms in total. The first-order valence-corrected chi connectivity index (χ1v) is 9.52. The van der Waals surface area contributed by atoms with Gasteiger partial charge in [0.25, 0.3) is 0 Å². The molecule has 1 heterocycles. The van der Waals surface area contributed by atoms with Gasteiger partial charge in [0, 0.05) is 44.8 Å². The number of para-hydroxylation sites is 1. The zero-order valence-corrected chi connectivity index (χ0v) is 16.4. The first kappa shape index (κ1) is 20.7. The zero-order valence-electron chi connectivity index (χ0n) is 16.4. The summed E-state index contributed by atoms with van der Waals surface area (Å²) in [5, 5.41) is 5.69. The molecular formula is C20H30N4O3. The van der Waals surface area contributed by atoms with Crippen LogP contribution in [0.25, 0.3) is 0 Å². The predicted octanol–water partition coefficient (Wildman–Crippen LogP) is 2.16. The Morgan fingerprint density at radius 3 is 2.59 bits per heavy atom. The van der Waals surface area contributed by atoms with E-state index in [9.17, 15) is 14.4 Å². The normalized spacial score (nSPS) is 16.7. The molecule has 1 saturated heterocycles. The van der Waals surface area contributed by atoms with Crippen LogP contribution in [0, 0.1) is 11.8 Å². The molecule has 0 saturated carbocycles. The summed E-state index contributed by atoms with van der Waals surface area (Å²) in [4.78, 5) is 40.1. The summed E-state index contributed by atoms with van der Waals surface area (Å²) < 4.78 is 0. The summed E-state index contributed by atoms with van der Waals surface area (Å²) in [6, 6.07) is 9.12. The van der Waals surface area contributed by atoms with Crippen LogP contribution in [-0.4, -0.2) is 60.9 Å². The van der Waals surface area contributed by atoms with Gasteiger partial charge in [-0.3, -0.25) is 9.59 Å². The van der Waals surface area contributed by atoms with Gasteiger partial charge in [-0.25, -0.2) is 4.79 Å². The van der Waals surface area contributed by atoms with Crippen LogP contribution in [0.3, 0.4) is 0 Å². The highest BCUT2D eigenvalue weighted by atomic mass is 16.2. The lowest BCUT2D eigenvalue weighted by atomic mass is 9.97. The van der Waals surface area contributed by atoms with Crippen molar-refractivity contribution in [3.05, 3.63) is 30.3 Å². The Balaban J connectivity index is 1.82. The monoisotopic (exact) mass is 374 g/mol. The van der Waals surface area contributed by atoms with E-state index in [0.717, 1.165) is 18.5 Å². The fraction of sp³-hybridized carbons (Fsp3) is 0.550. The van der Waals surface area contributed by atoms with Crippen LogP contribution < -0.4 is 10.6 Å². The third-order valence-electron chi connectivity index (χ3n) is 4.73. The van der Waals surface area contributed by atoms with E-state index < -0.39 is 0 Å². The molecule has 0 spiro atoms. The number of hydrogen-bond donors (Lipinski definition) is 2. The summed E-state index contributed by atoms with van der Waals surface area (Å²) in [6.45, 7) is 5.63. The maximum Gasteiger partial charge on any atom is 0.321 e. The van der Waals surface area contributed by atoms with Gasteiger partial charge in [-0.1, -0.05) is 32.0 Å². The minimum absolute atomic E-state index is 0.0164. The molecule has 2 N–H and O–H groups in total. The van der Waals surface area contributed by atoms with Gasteiger partial charge in [-0.15, -0.1) is 0 Å². The molecule has 1 aliphatic heterocycles. The van der Waals surface area contributed by atoms with Gasteiger partial charge in [-0.05, 0) is 25.0 Å². The molecule has 1 aromatic carbocycles. The van der Waals surface area contributed by atoms with E-state index in [1.54, 1.807) is 16.8 Å². The van der Waals surface area contributed by atoms with Crippen molar-refractivity contribution in [2.75, 3.05) is 38.5 Å². The molecule has 1 fully saturated rings. The number of amides is 4. The second-order valence-electron chi connectivity index (χ2n) is 7.29.